The second-order valence-corrected chi connectivity index (χ2v) is 3.80. The van der Waals surface area contributed by atoms with E-state index >= 15 is 0 Å². The zero-order chi connectivity index (χ0) is 13.7. The molecule has 0 saturated carbocycles. The quantitative estimate of drug-likeness (QED) is 0.390. The molecule has 1 aliphatic rings. The lowest BCUT2D eigenvalue weighted by molar-refractivity contribution is -0.121. The van der Waals surface area contributed by atoms with Gasteiger partial charge >= 0.3 is 11.5 Å². The molecule has 0 fully saturated rings. The van der Waals surface area contributed by atoms with E-state index in [1.165, 1.54) is 0 Å². The normalized spacial score (nSPS) is 14.0. The first kappa shape index (κ1) is 12.5. The maximum Gasteiger partial charge on any atom is 0.413 e. The zero-order valence-corrected chi connectivity index (χ0v) is 9.93. The Morgan fingerprint density at radius 2 is 1.74 bits per heavy atom. The third-order valence-electron chi connectivity index (χ3n) is 2.52. The SMILES string of the molecule is [N-]=[N+]=C1C(=O)C#Cc2ccccc2C#CCCC1=O. The number of nitrogens with zero attached hydrogens (tertiary/aromatic N) is 2. The highest BCUT2D eigenvalue weighted by Gasteiger charge is 2.27. The fraction of sp³-hybridized carbons (Fsp3) is 0.133. The molecule has 0 saturated heterocycles. The van der Waals surface area contributed by atoms with Crippen LogP contribution in [-0.4, -0.2) is 22.1 Å². The lowest BCUT2D eigenvalue weighted by atomic mass is 10.1. The molecule has 0 radical (unpaired) electrons. The average Bonchev–Trinajstić information content (AvgIpc) is 2.44. The zero-order valence-electron chi connectivity index (χ0n) is 9.93. The van der Waals surface area contributed by atoms with Gasteiger partial charge in [0.05, 0.1) is 0 Å². The number of benzene rings is 1. The Bertz CT molecular complexity index is 733. The van der Waals surface area contributed by atoms with E-state index in [9.17, 15) is 9.59 Å². The highest BCUT2D eigenvalue weighted by Crippen LogP contribution is 2.06. The van der Waals surface area contributed by atoms with E-state index < -0.39 is 17.3 Å². The summed E-state index contributed by atoms with van der Waals surface area (Å²) in [4.78, 5) is 26.0. The fourth-order valence-corrected chi connectivity index (χ4v) is 1.56. The monoisotopic (exact) mass is 248 g/mol. The Hall–Kier alpha value is -2.94. The van der Waals surface area contributed by atoms with Gasteiger partial charge in [0.15, 0.2) is 0 Å². The molecule has 2 rings (SSSR count). The molecular weight excluding hydrogens is 240 g/mol. The molecule has 4 heteroatoms. The molecule has 1 aliphatic carbocycles. The lowest BCUT2D eigenvalue weighted by Gasteiger charge is -1.93. The van der Waals surface area contributed by atoms with E-state index in [0.717, 1.165) is 0 Å². The number of ketones is 2. The molecule has 0 heterocycles. The largest absolute Gasteiger partial charge is 0.413 e. The van der Waals surface area contributed by atoms with Crippen LogP contribution in [0.4, 0.5) is 0 Å². The number of hydrogen-bond acceptors (Lipinski definition) is 2. The fourth-order valence-electron chi connectivity index (χ4n) is 1.56. The van der Waals surface area contributed by atoms with Gasteiger partial charge in [-0.1, -0.05) is 29.9 Å². The summed E-state index contributed by atoms with van der Waals surface area (Å²) in [6, 6.07) is 7.13. The van der Waals surface area contributed by atoms with Crippen molar-refractivity contribution in [2.75, 3.05) is 0 Å². The van der Waals surface area contributed by atoms with Gasteiger partial charge < -0.3 is 5.53 Å². The molecule has 1 aromatic rings. The Labute approximate surface area is 110 Å². The van der Waals surface area contributed by atoms with Crippen molar-refractivity contribution in [3.8, 4) is 23.7 Å². The summed E-state index contributed by atoms with van der Waals surface area (Å²) >= 11 is 0. The summed E-state index contributed by atoms with van der Waals surface area (Å²) in [6.45, 7) is 0. The molecule has 90 valence electrons. The van der Waals surface area contributed by atoms with Crippen molar-refractivity contribution in [3.63, 3.8) is 0 Å². The first-order valence-corrected chi connectivity index (χ1v) is 5.62. The highest BCUT2D eigenvalue weighted by molar-refractivity contribution is 6.67. The van der Waals surface area contributed by atoms with Gasteiger partial charge in [-0.25, -0.2) is 0 Å². The first-order chi connectivity index (χ1) is 9.22. The Morgan fingerprint density at radius 3 is 2.42 bits per heavy atom. The maximum absolute atomic E-state index is 11.7. The summed E-state index contributed by atoms with van der Waals surface area (Å²) in [7, 11) is 0. The number of fused-ring (bicyclic) bond motifs is 1. The van der Waals surface area contributed by atoms with Crippen molar-refractivity contribution in [3.05, 3.63) is 40.9 Å². The average molecular weight is 248 g/mol. The summed E-state index contributed by atoms with van der Waals surface area (Å²) < 4.78 is 0. The number of carbonyl (C=O) groups is 2. The van der Waals surface area contributed by atoms with Gasteiger partial charge in [0, 0.05) is 24.0 Å². The van der Waals surface area contributed by atoms with Gasteiger partial charge in [0.25, 0.3) is 0 Å². The van der Waals surface area contributed by atoms with Crippen LogP contribution in [0.5, 0.6) is 0 Å². The lowest BCUT2D eigenvalue weighted by Crippen LogP contribution is -2.23. The van der Waals surface area contributed by atoms with Gasteiger partial charge in [0.1, 0.15) is 0 Å². The minimum absolute atomic E-state index is 0.0297. The second-order valence-electron chi connectivity index (χ2n) is 3.80. The van der Waals surface area contributed by atoms with Crippen LogP contribution in [0.1, 0.15) is 24.0 Å². The Kier molecular flexibility index (Phi) is 3.69. The molecule has 0 bridgehead atoms. The third-order valence-corrected chi connectivity index (χ3v) is 2.52. The topological polar surface area (TPSA) is 70.5 Å². The third kappa shape index (κ3) is 2.84. The second kappa shape index (κ2) is 5.60. The summed E-state index contributed by atoms with van der Waals surface area (Å²) in [5, 5.41) is 0. The highest BCUT2D eigenvalue weighted by atomic mass is 16.1. The summed E-state index contributed by atoms with van der Waals surface area (Å²) in [5.41, 5.74) is 9.50. The Morgan fingerprint density at radius 1 is 1.05 bits per heavy atom. The Balaban J connectivity index is 2.55. The van der Waals surface area contributed by atoms with Gasteiger partial charge in [0.2, 0.25) is 5.78 Å². The first-order valence-electron chi connectivity index (χ1n) is 5.62. The van der Waals surface area contributed by atoms with Crippen LogP contribution in [-0.2, 0) is 9.59 Å². The summed E-state index contributed by atoms with van der Waals surface area (Å²) in [5.74, 6) is 9.36. The minimum atomic E-state index is -0.788. The smallest absolute Gasteiger partial charge is 0.360 e. The molecule has 0 amide bonds. The molecule has 0 spiro atoms. The van der Waals surface area contributed by atoms with E-state index in [4.69, 9.17) is 5.53 Å². The van der Waals surface area contributed by atoms with Crippen molar-refractivity contribution in [2.45, 2.75) is 12.8 Å². The molecule has 0 unspecified atom stereocenters. The molecule has 0 atom stereocenters. The predicted octanol–water partition coefficient (Wildman–Crippen LogP) is 0.992. The number of Topliss-reactive ketones (excluding diaryl/α,β-unsaturated/α-hetero) is 2. The number of rotatable bonds is 0. The van der Waals surface area contributed by atoms with Crippen LogP contribution in [0.2, 0.25) is 0 Å². The maximum atomic E-state index is 11.7. The van der Waals surface area contributed by atoms with Crippen molar-refractivity contribution in [1.82, 2.24) is 0 Å². The molecule has 19 heavy (non-hydrogen) atoms. The molecule has 0 aromatic heterocycles. The van der Waals surface area contributed by atoms with Gasteiger partial charge in [-0.2, -0.15) is 4.79 Å². The standard InChI is InChI=1S/C15H8N2O2/c16-17-15-13(18)8-4-3-6-11-5-1-2-7-12(11)9-10-14(15)19/h1-2,5,7H,4,8H2. The molecule has 1 aromatic carbocycles. The predicted molar refractivity (Wildman–Crippen MR) is 68.1 cm³/mol. The van der Waals surface area contributed by atoms with Crippen molar-refractivity contribution in [2.24, 2.45) is 0 Å². The van der Waals surface area contributed by atoms with Crippen LogP contribution >= 0.6 is 0 Å². The molecule has 0 N–H and O–H groups in total. The van der Waals surface area contributed by atoms with Crippen LogP contribution in [0, 0.1) is 23.7 Å². The molecule has 4 nitrogen and oxygen atoms in total. The van der Waals surface area contributed by atoms with Crippen LogP contribution in [0.3, 0.4) is 0 Å². The summed E-state index contributed by atoms with van der Waals surface area (Å²) in [6.07, 6.45) is 0.321. The van der Waals surface area contributed by atoms with E-state index in [2.05, 4.69) is 28.5 Å². The molecular formula is C15H8N2O2. The van der Waals surface area contributed by atoms with Crippen LogP contribution < -0.4 is 0 Å². The van der Waals surface area contributed by atoms with E-state index in [-0.39, 0.29) is 6.42 Å². The van der Waals surface area contributed by atoms with Crippen LogP contribution in [0.25, 0.3) is 5.53 Å². The van der Waals surface area contributed by atoms with Gasteiger partial charge in [-0.15, -0.1) is 0 Å². The van der Waals surface area contributed by atoms with Gasteiger partial charge in [-0.05, 0) is 18.1 Å². The van der Waals surface area contributed by atoms with Crippen molar-refractivity contribution in [1.29, 1.82) is 0 Å². The minimum Gasteiger partial charge on any atom is -0.360 e. The van der Waals surface area contributed by atoms with E-state index in [1.807, 2.05) is 6.07 Å². The van der Waals surface area contributed by atoms with Crippen molar-refractivity contribution >= 4 is 17.3 Å². The number of hydrogen-bond donors (Lipinski definition) is 0. The van der Waals surface area contributed by atoms with Crippen LogP contribution in [0.15, 0.2) is 24.3 Å². The van der Waals surface area contributed by atoms with E-state index in [1.54, 1.807) is 18.2 Å². The van der Waals surface area contributed by atoms with Crippen molar-refractivity contribution < 1.29 is 14.4 Å². The molecule has 0 aliphatic heterocycles. The van der Waals surface area contributed by atoms with E-state index in [0.29, 0.717) is 17.5 Å². The van der Waals surface area contributed by atoms with Gasteiger partial charge in [-0.3, -0.25) is 9.59 Å². The number of carbonyl (C=O) groups excluding carboxylic acids is 2.